The van der Waals surface area contributed by atoms with Crippen LogP contribution in [0.15, 0.2) is 64.9 Å². The number of amides is 1. The second kappa shape index (κ2) is 8.63. The van der Waals surface area contributed by atoms with Crippen LogP contribution in [0.2, 0.25) is 0 Å². The molecule has 4 rings (SSSR count). The third kappa shape index (κ3) is 4.43. The van der Waals surface area contributed by atoms with Crippen LogP contribution in [-0.4, -0.2) is 36.7 Å². The predicted octanol–water partition coefficient (Wildman–Crippen LogP) is 3.99. The summed E-state index contributed by atoms with van der Waals surface area (Å²) >= 11 is 1.28. The molecule has 9 heteroatoms. The van der Waals surface area contributed by atoms with E-state index in [0.717, 1.165) is 5.56 Å². The summed E-state index contributed by atoms with van der Waals surface area (Å²) in [6.07, 6.45) is 1.23. The Balaban J connectivity index is 1.43. The van der Waals surface area contributed by atoms with Crippen molar-refractivity contribution in [3.63, 3.8) is 0 Å². The van der Waals surface area contributed by atoms with Crippen LogP contribution in [0.1, 0.15) is 12.8 Å². The number of aromatic nitrogens is 1. The molecule has 1 unspecified atom stereocenters. The largest absolute Gasteiger partial charge is 0.302 e. The second-order valence-corrected chi connectivity index (χ2v) is 9.85. The molecule has 1 fully saturated rings. The van der Waals surface area contributed by atoms with Gasteiger partial charge < -0.3 is 5.32 Å². The molecule has 0 saturated carbocycles. The number of rotatable bonds is 5. The van der Waals surface area contributed by atoms with Crippen molar-refractivity contribution in [3.05, 3.63) is 65.8 Å². The molecule has 1 amide bonds. The SMILES string of the molecule is O=C(Nc1nc(-c2ccc(F)cc2)cs1)C1CCCN(S(=O)(=O)c2ccccc2)C1. The molecular formula is C21H20FN3O3S2. The van der Waals surface area contributed by atoms with Gasteiger partial charge in [-0.2, -0.15) is 4.31 Å². The van der Waals surface area contributed by atoms with E-state index in [1.54, 1.807) is 47.8 Å². The van der Waals surface area contributed by atoms with Gasteiger partial charge in [0, 0.05) is 24.0 Å². The highest BCUT2D eigenvalue weighted by Gasteiger charge is 2.33. The summed E-state index contributed by atoms with van der Waals surface area (Å²) in [5.74, 6) is -1.02. The van der Waals surface area contributed by atoms with Gasteiger partial charge in [-0.3, -0.25) is 4.79 Å². The average Bonchev–Trinajstić information content (AvgIpc) is 3.23. The van der Waals surface area contributed by atoms with Crippen molar-refractivity contribution in [1.82, 2.24) is 9.29 Å². The van der Waals surface area contributed by atoms with Gasteiger partial charge in [0.05, 0.1) is 16.5 Å². The number of hydrogen-bond donors (Lipinski definition) is 1. The molecule has 1 aliphatic rings. The Bertz CT molecular complexity index is 1130. The number of carbonyl (C=O) groups excluding carboxylic acids is 1. The third-order valence-corrected chi connectivity index (χ3v) is 7.65. The van der Waals surface area contributed by atoms with Crippen LogP contribution >= 0.6 is 11.3 Å². The number of halogens is 1. The van der Waals surface area contributed by atoms with Crippen LogP contribution in [0.3, 0.4) is 0 Å². The topological polar surface area (TPSA) is 79.4 Å². The van der Waals surface area contributed by atoms with Crippen molar-refractivity contribution in [2.24, 2.45) is 5.92 Å². The molecule has 0 spiro atoms. The zero-order chi connectivity index (χ0) is 21.1. The van der Waals surface area contributed by atoms with Crippen molar-refractivity contribution in [2.45, 2.75) is 17.7 Å². The maximum absolute atomic E-state index is 13.1. The number of anilines is 1. The molecule has 0 aliphatic carbocycles. The first-order valence-electron chi connectivity index (χ1n) is 9.51. The normalized spacial score (nSPS) is 17.6. The molecule has 1 N–H and O–H groups in total. The zero-order valence-electron chi connectivity index (χ0n) is 16.0. The van der Waals surface area contributed by atoms with Gasteiger partial charge in [0.2, 0.25) is 15.9 Å². The van der Waals surface area contributed by atoms with E-state index in [9.17, 15) is 17.6 Å². The standard InChI is InChI=1S/C21H20FN3O3S2/c22-17-10-8-15(9-11-17)19-14-29-21(23-19)24-20(26)16-5-4-12-25(13-16)30(27,28)18-6-2-1-3-7-18/h1-3,6-11,14,16H,4-5,12-13H2,(H,23,24,26). The second-order valence-electron chi connectivity index (χ2n) is 7.05. The van der Waals surface area contributed by atoms with Crippen molar-refractivity contribution in [3.8, 4) is 11.3 Å². The Morgan fingerprint density at radius 3 is 2.60 bits per heavy atom. The Kier molecular flexibility index (Phi) is 5.94. The highest BCUT2D eigenvalue weighted by molar-refractivity contribution is 7.89. The summed E-state index contributed by atoms with van der Waals surface area (Å²) in [7, 11) is -3.63. The lowest BCUT2D eigenvalue weighted by atomic mass is 9.99. The van der Waals surface area contributed by atoms with Crippen molar-refractivity contribution in [1.29, 1.82) is 0 Å². The molecule has 1 aromatic heterocycles. The number of carbonyl (C=O) groups is 1. The average molecular weight is 446 g/mol. The lowest BCUT2D eigenvalue weighted by Gasteiger charge is -2.31. The van der Waals surface area contributed by atoms with Gasteiger partial charge >= 0.3 is 0 Å². The van der Waals surface area contributed by atoms with Gasteiger partial charge in [-0.15, -0.1) is 11.3 Å². The highest BCUT2D eigenvalue weighted by Crippen LogP contribution is 2.28. The summed E-state index contributed by atoms with van der Waals surface area (Å²) in [6, 6.07) is 14.2. The number of nitrogens with zero attached hydrogens (tertiary/aromatic N) is 2. The minimum Gasteiger partial charge on any atom is -0.302 e. The number of thiazole rings is 1. The van der Waals surface area contributed by atoms with Gasteiger partial charge in [-0.1, -0.05) is 18.2 Å². The van der Waals surface area contributed by atoms with Gasteiger partial charge in [-0.05, 0) is 49.2 Å². The molecule has 6 nitrogen and oxygen atoms in total. The van der Waals surface area contributed by atoms with Crippen LogP contribution < -0.4 is 5.32 Å². The van der Waals surface area contributed by atoms with E-state index in [2.05, 4.69) is 10.3 Å². The lowest BCUT2D eigenvalue weighted by molar-refractivity contribution is -0.120. The maximum atomic E-state index is 13.1. The Labute approximate surface area is 178 Å². The van der Waals surface area contributed by atoms with Crippen LogP contribution in [0.5, 0.6) is 0 Å². The first-order chi connectivity index (χ1) is 14.4. The quantitative estimate of drug-likeness (QED) is 0.644. The van der Waals surface area contributed by atoms with E-state index in [1.165, 1.54) is 27.8 Å². The number of sulfonamides is 1. The molecule has 156 valence electrons. The Morgan fingerprint density at radius 2 is 1.87 bits per heavy atom. The van der Waals surface area contributed by atoms with Gasteiger partial charge in [0.25, 0.3) is 0 Å². The van der Waals surface area contributed by atoms with Crippen molar-refractivity contribution < 1.29 is 17.6 Å². The summed E-state index contributed by atoms with van der Waals surface area (Å²) in [4.78, 5) is 17.4. The van der Waals surface area contributed by atoms with Crippen molar-refractivity contribution in [2.75, 3.05) is 18.4 Å². The van der Waals surface area contributed by atoms with E-state index < -0.39 is 15.9 Å². The van der Waals surface area contributed by atoms with Gasteiger partial charge in [0.1, 0.15) is 5.82 Å². The number of benzene rings is 2. The van der Waals surface area contributed by atoms with Gasteiger partial charge in [0.15, 0.2) is 5.13 Å². The van der Waals surface area contributed by atoms with E-state index >= 15 is 0 Å². The number of piperidine rings is 1. The fourth-order valence-electron chi connectivity index (χ4n) is 3.41. The fourth-order valence-corrected chi connectivity index (χ4v) is 5.68. The van der Waals surface area contributed by atoms with E-state index in [-0.39, 0.29) is 23.2 Å². The molecule has 0 radical (unpaired) electrons. The first-order valence-corrected chi connectivity index (χ1v) is 11.8. The smallest absolute Gasteiger partial charge is 0.243 e. The minimum absolute atomic E-state index is 0.138. The molecule has 1 aliphatic heterocycles. The molecule has 1 saturated heterocycles. The van der Waals surface area contributed by atoms with Crippen LogP contribution in [0.25, 0.3) is 11.3 Å². The van der Waals surface area contributed by atoms with E-state index in [0.29, 0.717) is 30.2 Å². The highest BCUT2D eigenvalue weighted by atomic mass is 32.2. The van der Waals surface area contributed by atoms with Crippen LogP contribution in [0, 0.1) is 11.7 Å². The first kappa shape index (κ1) is 20.6. The van der Waals surface area contributed by atoms with Crippen LogP contribution in [0.4, 0.5) is 9.52 Å². The minimum atomic E-state index is -3.63. The van der Waals surface area contributed by atoms with Crippen molar-refractivity contribution >= 4 is 32.4 Å². The lowest BCUT2D eigenvalue weighted by Crippen LogP contribution is -2.43. The summed E-state index contributed by atoms with van der Waals surface area (Å²) in [5.41, 5.74) is 1.40. The number of nitrogens with one attached hydrogen (secondary N) is 1. The molecule has 2 aromatic carbocycles. The summed E-state index contributed by atoms with van der Waals surface area (Å²) in [5, 5.41) is 5.02. The molecule has 3 aromatic rings. The fraction of sp³-hybridized carbons (Fsp3) is 0.238. The Morgan fingerprint density at radius 1 is 1.13 bits per heavy atom. The molecule has 1 atom stereocenters. The zero-order valence-corrected chi connectivity index (χ0v) is 17.6. The monoisotopic (exact) mass is 445 g/mol. The third-order valence-electron chi connectivity index (χ3n) is 5.01. The Hall–Kier alpha value is -2.62. The molecular weight excluding hydrogens is 425 g/mol. The van der Waals surface area contributed by atoms with Crippen LogP contribution in [-0.2, 0) is 14.8 Å². The molecule has 30 heavy (non-hydrogen) atoms. The maximum Gasteiger partial charge on any atom is 0.243 e. The predicted molar refractivity (Wildman–Crippen MR) is 114 cm³/mol. The molecule has 2 heterocycles. The van der Waals surface area contributed by atoms with Gasteiger partial charge in [-0.25, -0.2) is 17.8 Å². The number of hydrogen-bond acceptors (Lipinski definition) is 5. The van der Waals surface area contributed by atoms with E-state index in [4.69, 9.17) is 0 Å². The molecule has 0 bridgehead atoms. The summed E-state index contributed by atoms with van der Waals surface area (Å²) in [6.45, 7) is 0.534. The summed E-state index contributed by atoms with van der Waals surface area (Å²) < 4.78 is 40.2. The van der Waals surface area contributed by atoms with E-state index in [1.807, 2.05) is 0 Å².